The van der Waals surface area contributed by atoms with Gasteiger partial charge in [0.2, 0.25) is 0 Å². The highest BCUT2D eigenvalue weighted by atomic mass is 15.2. The number of aryl methyl sites for hydroxylation is 2. The SMILES string of the molecule is Cc1cc2c(nc1-c1ccc(C(C)C)nc1N1CCC1)c(C)cn2C(C)C. The molecule has 3 aromatic rings. The van der Waals surface area contributed by atoms with Crippen LogP contribution in [0, 0.1) is 13.8 Å². The minimum atomic E-state index is 0.428. The van der Waals surface area contributed by atoms with Gasteiger partial charge in [0.25, 0.3) is 0 Å². The van der Waals surface area contributed by atoms with E-state index >= 15 is 0 Å². The molecule has 0 aromatic carbocycles. The summed E-state index contributed by atoms with van der Waals surface area (Å²) < 4.78 is 2.32. The number of aromatic nitrogens is 3. The second kappa shape index (κ2) is 6.66. The first kappa shape index (κ1) is 18.0. The van der Waals surface area contributed by atoms with Crippen molar-refractivity contribution in [1.82, 2.24) is 14.5 Å². The summed E-state index contributed by atoms with van der Waals surface area (Å²) in [5.74, 6) is 1.53. The fourth-order valence-corrected chi connectivity index (χ4v) is 3.86. The molecular formula is C23H30N4. The molecule has 4 rings (SSSR count). The molecule has 4 nitrogen and oxygen atoms in total. The highest BCUT2D eigenvalue weighted by molar-refractivity contribution is 5.86. The minimum Gasteiger partial charge on any atom is -0.356 e. The first-order chi connectivity index (χ1) is 12.9. The van der Waals surface area contributed by atoms with Gasteiger partial charge in [-0.2, -0.15) is 0 Å². The van der Waals surface area contributed by atoms with E-state index in [4.69, 9.17) is 9.97 Å². The van der Waals surface area contributed by atoms with Gasteiger partial charge in [0.1, 0.15) is 5.82 Å². The van der Waals surface area contributed by atoms with Crippen molar-refractivity contribution >= 4 is 16.9 Å². The predicted octanol–water partition coefficient (Wildman–Crippen LogP) is 5.63. The average molecular weight is 363 g/mol. The van der Waals surface area contributed by atoms with Crippen molar-refractivity contribution in [3.8, 4) is 11.3 Å². The summed E-state index contributed by atoms with van der Waals surface area (Å²) in [6.45, 7) is 15.4. The zero-order chi connectivity index (χ0) is 19.3. The van der Waals surface area contributed by atoms with Gasteiger partial charge in [-0.3, -0.25) is 0 Å². The van der Waals surface area contributed by atoms with Gasteiger partial charge in [-0.1, -0.05) is 13.8 Å². The Morgan fingerprint density at radius 3 is 2.30 bits per heavy atom. The van der Waals surface area contributed by atoms with Crippen LogP contribution in [0.3, 0.4) is 0 Å². The van der Waals surface area contributed by atoms with Crippen LogP contribution >= 0.6 is 0 Å². The van der Waals surface area contributed by atoms with Crippen LogP contribution in [0.4, 0.5) is 5.82 Å². The van der Waals surface area contributed by atoms with Crippen molar-refractivity contribution < 1.29 is 0 Å². The van der Waals surface area contributed by atoms with Crippen LogP contribution in [-0.2, 0) is 0 Å². The Morgan fingerprint density at radius 1 is 0.963 bits per heavy atom. The van der Waals surface area contributed by atoms with E-state index in [2.05, 4.69) is 75.4 Å². The fraction of sp³-hybridized carbons (Fsp3) is 0.478. The Morgan fingerprint density at radius 2 is 1.70 bits per heavy atom. The number of pyridine rings is 2. The third-order valence-electron chi connectivity index (χ3n) is 5.63. The molecule has 0 unspecified atom stereocenters. The summed E-state index contributed by atoms with van der Waals surface area (Å²) in [5, 5.41) is 0. The third kappa shape index (κ3) is 3.01. The van der Waals surface area contributed by atoms with Crippen LogP contribution in [0.2, 0.25) is 0 Å². The quantitative estimate of drug-likeness (QED) is 0.603. The molecule has 27 heavy (non-hydrogen) atoms. The zero-order valence-corrected chi connectivity index (χ0v) is 17.4. The Hall–Kier alpha value is -2.36. The van der Waals surface area contributed by atoms with Gasteiger partial charge in [0, 0.05) is 36.6 Å². The number of hydrogen-bond donors (Lipinski definition) is 0. The molecular weight excluding hydrogens is 332 g/mol. The summed E-state index contributed by atoms with van der Waals surface area (Å²) in [7, 11) is 0. The van der Waals surface area contributed by atoms with Gasteiger partial charge in [-0.05, 0) is 69.4 Å². The summed E-state index contributed by atoms with van der Waals surface area (Å²) >= 11 is 0. The van der Waals surface area contributed by atoms with Crippen molar-refractivity contribution in [3.63, 3.8) is 0 Å². The maximum Gasteiger partial charge on any atom is 0.138 e. The highest BCUT2D eigenvalue weighted by Crippen LogP contribution is 2.36. The number of anilines is 1. The molecule has 0 N–H and O–H groups in total. The summed E-state index contributed by atoms with van der Waals surface area (Å²) in [4.78, 5) is 12.6. The molecule has 0 aliphatic carbocycles. The maximum atomic E-state index is 5.14. The van der Waals surface area contributed by atoms with E-state index < -0.39 is 0 Å². The molecule has 0 atom stereocenters. The Kier molecular flexibility index (Phi) is 4.45. The Balaban J connectivity index is 1.91. The van der Waals surface area contributed by atoms with E-state index in [0.29, 0.717) is 12.0 Å². The molecule has 1 fully saturated rings. The molecule has 4 heteroatoms. The topological polar surface area (TPSA) is 34.0 Å². The Bertz CT molecular complexity index is 993. The first-order valence-electron chi connectivity index (χ1n) is 10.1. The van der Waals surface area contributed by atoms with Gasteiger partial charge in [-0.15, -0.1) is 0 Å². The summed E-state index contributed by atoms with van der Waals surface area (Å²) in [6, 6.07) is 7.12. The van der Waals surface area contributed by atoms with Crippen LogP contribution in [0.1, 0.15) is 62.9 Å². The van der Waals surface area contributed by atoms with Crippen molar-refractivity contribution in [1.29, 1.82) is 0 Å². The minimum absolute atomic E-state index is 0.428. The van der Waals surface area contributed by atoms with Crippen LogP contribution < -0.4 is 4.90 Å². The van der Waals surface area contributed by atoms with Gasteiger partial charge in [0.15, 0.2) is 0 Å². The van der Waals surface area contributed by atoms with E-state index in [0.717, 1.165) is 41.4 Å². The highest BCUT2D eigenvalue weighted by Gasteiger charge is 2.23. The lowest BCUT2D eigenvalue weighted by atomic mass is 10.0. The molecule has 3 aromatic heterocycles. The molecule has 0 amide bonds. The third-order valence-corrected chi connectivity index (χ3v) is 5.63. The maximum absolute atomic E-state index is 5.14. The second-order valence-corrected chi connectivity index (χ2v) is 8.44. The van der Waals surface area contributed by atoms with Gasteiger partial charge >= 0.3 is 0 Å². The normalized spacial score (nSPS) is 14.4. The van der Waals surface area contributed by atoms with Gasteiger partial charge in [0.05, 0.1) is 16.7 Å². The molecule has 0 bridgehead atoms. The predicted molar refractivity (Wildman–Crippen MR) is 114 cm³/mol. The van der Waals surface area contributed by atoms with Crippen molar-refractivity contribution in [2.75, 3.05) is 18.0 Å². The van der Waals surface area contributed by atoms with Crippen molar-refractivity contribution in [2.45, 2.75) is 59.9 Å². The molecule has 0 spiro atoms. The molecule has 142 valence electrons. The lowest BCUT2D eigenvalue weighted by Gasteiger charge is -2.34. The van der Waals surface area contributed by atoms with Gasteiger partial charge < -0.3 is 9.47 Å². The van der Waals surface area contributed by atoms with E-state index in [1.807, 2.05) is 0 Å². The lowest BCUT2D eigenvalue weighted by molar-refractivity contribution is 0.607. The molecule has 4 heterocycles. The zero-order valence-electron chi connectivity index (χ0n) is 17.4. The second-order valence-electron chi connectivity index (χ2n) is 8.44. The van der Waals surface area contributed by atoms with E-state index in [1.165, 1.54) is 23.1 Å². The largest absolute Gasteiger partial charge is 0.356 e. The van der Waals surface area contributed by atoms with E-state index in [-0.39, 0.29) is 0 Å². The monoisotopic (exact) mass is 362 g/mol. The smallest absolute Gasteiger partial charge is 0.138 e. The molecule has 0 saturated carbocycles. The van der Waals surface area contributed by atoms with Crippen molar-refractivity contribution in [3.05, 3.63) is 41.2 Å². The summed E-state index contributed by atoms with van der Waals surface area (Å²) in [6.07, 6.45) is 3.47. The number of fused-ring (bicyclic) bond motifs is 1. The van der Waals surface area contributed by atoms with Crippen LogP contribution in [-0.4, -0.2) is 27.6 Å². The fourth-order valence-electron chi connectivity index (χ4n) is 3.86. The number of rotatable bonds is 4. The van der Waals surface area contributed by atoms with Crippen LogP contribution in [0.5, 0.6) is 0 Å². The van der Waals surface area contributed by atoms with E-state index in [9.17, 15) is 0 Å². The Labute approximate surface area is 162 Å². The standard InChI is InChI=1S/C23H30N4/c1-14(2)19-9-8-18(23(24-19)26-10-7-11-26)21-16(5)12-20-22(25-21)17(6)13-27(20)15(3)4/h8-9,12-15H,7,10-11H2,1-6H3. The first-order valence-corrected chi connectivity index (χ1v) is 10.1. The molecule has 0 radical (unpaired) electrons. The van der Waals surface area contributed by atoms with Gasteiger partial charge in [-0.25, -0.2) is 9.97 Å². The number of nitrogens with zero attached hydrogens (tertiary/aromatic N) is 4. The molecule has 1 saturated heterocycles. The molecule has 1 aliphatic heterocycles. The van der Waals surface area contributed by atoms with Crippen molar-refractivity contribution in [2.24, 2.45) is 0 Å². The number of hydrogen-bond acceptors (Lipinski definition) is 3. The average Bonchev–Trinajstić information content (AvgIpc) is 2.89. The van der Waals surface area contributed by atoms with E-state index in [1.54, 1.807) is 0 Å². The van der Waals surface area contributed by atoms with Crippen LogP contribution in [0.25, 0.3) is 22.3 Å². The molecule has 1 aliphatic rings. The van der Waals surface area contributed by atoms with Crippen LogP contribution in [0.15, 0.2) is 24.4 Å². The lowest BCUT2D eigenvalue weighted by Crippen LogP contribution is -2.38. The summed E-state index contributed by atoms with van der Waals surface area (Å²) in [5.41, 5.74) is 8.15.